The second-order valence-electron chi connectivity index (χ2n) is 7.29. The molecule has 0 aliphatic heterocycles. The number of aromatic nitrogens is 5. The Morgan fingerprint density at radius 1 is 1.09 bits per heavy atom. The van der Waals surface area contributed by atoms with E-state index in [0.717, 1.165) is 38.9 Å². The molecule has 5 nitrogen and oxygen atoms in total. The van der Waals surface area contributed by atoms with E-state index in [9.17, 15) is 4.39 Å². The summed E-state index contributed by atoms with van der Waals surface area (Å²) in [5.41, 5.74) is 6.80. The average molecular weight is 421 g/mol. The summed E-state index contributed by atoms with van der Waals surface area (Å²) in [7, 11) is 0. The molecule has 32 heavy (non-hydrogen) atoms. The Hall–Kier alpha value is -4.32. The lowest BCUT2D eigenvalue weighted by atomic mass is 10.0. The second-order valence-corrected chi connectivity index (χ2v) is 7.29. The highest BCUT2D eigenvalue weighted by molar-refractivity contribution is 5.99. The molecule has 0 fully saturated rings. The molecule has 5 aromatic rings. The maximum atomic E-state index is 14.5. The molecule has 0 unspecified atom stereocenters. The number of pyridine rings is 2. The van der Waals surface area contributed by atoms with Gasteiger partial charge in [-0.1, -0.05) is 49.1 Å². The van der Waals surface area contributed by atoms with Gasteiger partial charge < -0.3 is 4.98 Å². The fourth-order valence-electron chi connectivity index (χ4n) is 3.82. The lowest BCUT2D eigenvalue weighted by Crippen LogP contribution is -1.88. The molecule has 0 radical (unpaired) electrons. The molecule has 0 saturated carbocycles. The molecule has 156 valence electrons. The summed E-state index contributed by atoms with van der Waals surface area (Å²) in [6.07, 6.45) is 9.25. The first-order valence-electron chi connectivity index (χ1n) is 10.2. The minimum atomic E-state index is -0.272. The fourth-order valence-corrected chi connectivity index (χ4v) is 3.82. The first kappa shape index (κ1) is 19.6. The average Bonchev–Trinajstić information content (AvgIpc) is 3.43. The smallest absolute Gasteiger partial charge is 0.138 e. The van der Waals surface area contributed by atoms with Gasteiger partial charge in [0.2, 0.25) is 0 Å². The third-order valence-corrected chi connectivity index (χ3v) is 5.38. The van der Waals surface area contributed by atoms with E-state index in [2.05, 4.69) is 26.7 Å². The van der Waals surface area contributed by atoms with Crippen LogP contribution in [0.1, 0.15) is 12.6 Å². The number of hydrogen-bond acceptors (Lipinski definition) is 3. The highest BCUT2D eigenvalue weighted by Gasteiger charge is 2.16. The molecule has 0 aliphatic carbocycles. The van der Waals surface area contributed by atoms with Gasteiger partial charge in [-0.15, -0.1) is 0 Å². The minimum Gasteiger partial charge on any atom is -0.338 e. The van der Waals surface area contributed by atoms with Gasteiger partial charge >= 0.3 is 0 Å². The number of fused-ring (bicyclic) bond motifs is 2. The van der Waals surface area contributed by atoms with Crippen molar-refractivity contribution in [2.75, 3.05) is 0 Å². The van der Waals surface area contributed by atoms with E-state index < -0.39 is 0 Å². The first-order chi connectivity index (χ1) is 15.7. The number of H-pyrrole nitrogens is 2. The predicted molar refractivity (Wildman–Crippen MR) is 127 cm³/mol. The minimum absolute atomic E-state index is 0.272. The van der Waals surface area contributed by atoms with Crippen molar-refractivity contribution in [2.24, 2.45) is 0 Å². The Balaban J connectivity index is 1.66. The lowest BCUT2D eigenvalue weighted by Gasteiger charge is -2.04. The number of aromatic amines is 2. The largest absolute Gasteiger partial charge is 0.338 e. The monoisotopic (exact) mass is 421 g/mol. The van der Waals surface area contributed by atoms with E-state index in [4.69, 9.17) is 4.98 Å². The number of nitrogens with one attached hydrogen (secondary N) is 2. The van der Waals surface area contributed by atoms with E-state index in [1.54, 1.807) is 24.4 Å². The molecule has 2 N–H and O–H groups in total. The molecule has 0 atom stereocenters. The van der Waals surface area contributed by atoms with Gasteiger partial charge in [0.05, 0.1) is 16.9 Å². The molecular weight excluding hydrogens is 401 g/mol. The number of nitrogens with zero attached hydrogens (tertiary/aromatic N) is 3. The highest BCUT2D eigenvalue weighted by atomic mass is 19.1. The van der Waals surface area contributed by atoms with Crippen molar-refractivity contribution < 1.29 is 4.39 Å². The lowest BCUT2D eigenvalue weighted by molar-refractivity contribution is 0.631. The van der Waals surface area contributed by atoms with Gasteiger partial charge in [0.15, 0.2) is 0 Å². The van der Waals surface area contributed by atoms with Crippen molar-refractivity contribution in [3.8, 4) is 22.5 Å². The van der Waals surface area contributed by atoms with Crippen molar-refractivity contribution in [1.29, 1.82) is 0 Å². The van der Waals surface area contributed by atoms with Gasteiger partial charge in [-0.2, -0.15) is 5.10 Å². The number of hydrogen-bond donors (Lipinski definition) is 2. The van der Waals surface area contributed by atoms with E-state index >= 15 is 0 Å². The standard InChI is InChI=1S/C26H20FN5/c1-3-5-8-16(4-2)21-11-12-22-24(29-21)25(32-31-22)23-15-19-17(13-14-28-26(19)30-23)18-9-6-7-10-20(18)27/h3-15H,1H2,2H3,(H,28,30)(H,31,32)/b8-5-,16-4+. The van der Waals surface area contributed by atoms with Crippen LogP contribution in [0.25, 0.3) is 50.2 Å². The zero-order valence-corrected chi connectivity index (χ0v) is 17.4. The summed E-state index contributed by atoms with van der Waals surface area (Å²) >= 11 is 0. The number of allylic oxidation sites excluding steroid dienone is 5. The Labute approximate surface area is 184 Å². The Kier molecular flexibility index (Phi) is 4.95. The molecule has 1 aromatic carbocycles. The number of benzene rings is 1. The topological polar surface area (TPSA) is 70.2 Å². The van der Waals surface area contributed by atoms with Gasteiger partial charge in [0.1, 0.15) is 22.7 Å². The van der Waals surface area contributed by atoms with E-state index in [0.29, 0.717) is 16.9 Å². The molecule has 0 aliphatic rings. The number of rotatable bonds is 5. The third-order valence-electron chi connectivity index (χ3n) is 5.38. The van der Waals surface area contributed by atoms with E-state index in [1.165, 1.54) is 6.07 Å². The summed E-state index contributed by atoms with van der Waals surface area (Å²) in [4.78, 5) is 12.6. The fraction of sp³-hybridized carbons (Fsp3) is 0.0385. The summed E-state index contributed by atoms with van der Waals surface area (Å²) in [6.45, 7) is 5.70. The quantitative estimate of drug-likeness (QED) is 0.320. The van der Waals surface area contributed by atoms with Crippen LogP contribution < -0.4 is 0 Å². The molecule has 6 heteroatoms. The predicted octanol–water partition coefficient (Wildman–Crippen LogP) is 6.45. The van der Waals surface area contributed by atoms with Crippen molar-refractivity contribution in [3.63, 3.8) is 0 Å². The van der Waals surface area contributed by atoms with Crippen molar-refractivity contribution in [3.05, 3.63) is 97.1 Å². The summed E-state index contributed by atoms with van der Waals surface area (Å²) in [6, 6.07) is 14.4. The van der Waals surface area contributed by atoms with E-state index in [-0.39, 0.29) is 5.82 Å². The molecule has 0 spiro atoms. The number of halogens is 1. The van der Waals surface area contributed by atoms with E-state index in [1.807, 2.05) is 55.5 Å². The zero-order chi connectivity index (χ0) is 22.1. The molecule has 4 heterocycles. The Bertz CT molecular complexity index is 1520. The van der Waals surface area contributed by atoms with Crippen LogP contribution in [0, 0.1) is 5.82 Å². The van der Waals surface area contributed by atoms with Gasteiger partial charge in [-0.25, -0.2) is 14.4 Å². The maximum Gasteiger partial charge on any atom is 0.138 e. The zero-order valence-electron chi connectivity index (χ0n) is 17.4. The van der Waals surface area contributed by atoms with Crippen molar-refractivity contribution in [2.45, 2.75) is 6.92 Å². The van der Waals surface area contributed by atoms with Crippen LogP contribution in [-0.4, -0.2) is 25.1 Å². The van der Waals surface area contributed by atoms with Crippen LogP contribution in [-0.2, 0) is 0 Å². The summed E-state index contributed by atoms with van der Waals surface area (Å²) < 4.78 is 14.5. The summed E-state index contributed by atoms with van der Waals surface area (Å²) in [5.74, 6) is -0.272. The van der Waals surface area contributed by atoms with Gasteiger partial charge in [0.25, 0.3) is 0 Å². The highest BCUT2D eigenvalue weighted by Crippen LogP contribution is 2.34. The van der Waals surface area contributed by atoms with Crippen molar-refractivity contribution >= 4 is 27.6 Å². The molecule has 4 aromatic heterocycles. The molecule has 5 rings (SSSR count). The molecular formula is C26H20FN5. The van der Waals surface area contributed by atoms with Crippen LogP contribution in [0.2, 0.25) is 0 Å². The van der Waals surface area contributed by atoms with Crippen molar-refractivity contribution in [1.82, 2.24) is 25.1 Å². The van der Waals surface area contributed by atoms with Gasteiger partial charge in [-0.05, 0) is 48.4 Å². The van der Waals surface area contributed by atoms with Crippen LogP contribution in [0.5, 0.6) is 0 Å². The van der Waals surface area contributed by atoms with Crippen LogP contribution in [0.3, 0.4) is 0 Å². The first-order valence-corrected chi connectivity index (χ1v) is 10.2. The Morgan fingerprint density at radius 3 is 2.78 bits per heavy atom. The van der Waals surface area contributed by atoms with Crippen LogP contribution in [0.4, 0.5) is 4.39 Å². The van der Waals surface area contributed by atoms with Crippen LogP contribution >= 0.6 is 0 Å². The second kappa shape index (κ2) is 8.07. The van der Waals surface area contributed by atoms with Crippen LogP contribution in [0.15, 0.2) is 85.6 Å². The third kappa shape index (κ3) is 3.32. The maximum absolute atomic E-state index is 14.5. The van der Waals surface area contributed by atoms with Gasteiger partial charge in [0, 0.05) is 17.1 Å². The SMILES string of the molecule is C=C/C=C\C(=C/C)c1ccc2[nH]nc(-c3cc4c(-c5ccccc5F)ccnc4[nH]3)c2n1. The molecule has 0 saturated heterocycles. The Morgan fingerprint density at radius 2 is 1.97 bits per heavy atom. The molecule has 0 bridgehead atoms. The normalized spacial score (nSPS) is 12.2. The molecule has 0 amide bonds. The summed E-state index contributed by atoms with van der Waals surface area (Å²) in [5, 5.41) is 8.36. The van der Waals surface area contributed by atoms with Gasteiger partial charge in [-0.3, -0.25) is 5.10 Å².